The molecule has 6 nitrogen and oxygen atoms in total. The summed E-state index contributed by atoms with van der Waals surface area (Å²) in [6.07, 6.45) is 3.07. The highest BCUT2D eigenvalue weighted by atomic mass is 32.2. The molecule has 1 saturated heterocycles. The quantitative estimate of drug-likeness (QED) is 0.891. The SMILES string of the molecule is CC(N=C1NS(=O)(=O)C(c2cccnc2)C(C)(C)O1)c1ccccc1F. The number of halogens is 1. The number of rotatable bonds is 3. The van der Waals surface area contributed by atoms with Crippen molar-refractivity contribution in [2.45, 2.75) is 37.7 Å². The molecule has 1 fully saturated rings. The summed E-state index contributed by atoms with van der Waals surface area (Å²) in [5, 5.41) is -0.952. The Morgan fingerprint density at radius 2 is 2.00 bits per heavy atom. The lowest BCUT2D eigenvalue weighted by molar-refractivity contribution is 0.0760. The van der Waals surface area contributed by atoms with Gasteiger partial charge in [-0.05, 0) is 38.5 Å². The van der Waals surface area contributed by atoms with E-state index in [9.17, 15) is 12.8 Å². The maximum Gasteiger partial charge on any atom is 0.299 e. The van der Waals surface area contributed by atoms with Gasteiger partial charge in [-0.2, -0.15) is 0 Å². The predicted octanol–water partition coefficient (Wildman–Crippen LogP) is 3.11. The Morgan fingerprint density at radius 1 is 1.27 bits per heavy atom. The normalized spacial score (nSPS) is 23.7. The van der Waals surface area contributed by atoms with Gasteiger partial charge in [0.2, 0.25) is 10.0 Å². The lowest BCUT2D eigenvalue weighted by Gasteiger charge is -2.39. The Hall–Kier alpha value is -2.48. The first kappa shape index (κ1) is 18.3. The van der Waals surface area contributed by atoms with Crippen LogP contribution in [0.15, 0.2) is 53.8 Å². The van der Waals surface area contributed by atoms with Gasteiger partial charge in [-0.3, -0.25) is 4.98 Å². The molecule has 0 radical (unpaired) electrons. The van der Waals surface area contributed by atoms with Crippen LogP contribution in [-0.4, -0.2) is 25.0 Å². The van der Waals surface area contributed by atoms with E-state index in [0.29, 0.717) is 11.1 Å². The van der Waals surface area contributed by atoms with Gasteiger partial charge in [-0.15, -0.1) is 0 Å². The topological polar surface area (TPSA) is 80.7 Å². The molecule has 0 saturated carbocycles. The van der Waals surface area contributed by atoms with Crippen molar-refractivity contribution in [3.63, 3.8) is 0 Å². The molecular formula is C18H20FN3O3S. The summed E-state index contributed by atoms with van der Waals surface area (Å²) in [6.45, 7) is 5.02. The lowest BCUT2D eigenvalue weighted by Crippen LogP contribution is -2.53. The second-order valence-corrected chi connectivity index (χ2v) is 8.42. The van der Waals surface area contributed by atoms with Gasteiger partial charge in [0.15, 0.2) is 0 Å². The molecule has 0 amide bonds. The van der Waals surface area contributed by atoms with E-state index in [0.717, 1.165) is 0 Å². The maximum absolute atomic E-state index is 13.9. The van der Waals surface area contributed by atoms with Crippen LogP contribution in [0.25, 0.3) is 0 Å². The van der Waals surface area contributed by atoms with Crippen LogP contribution in [0.4, 0.5) is 4.39 Å². The molecule has 2 heterocycles. The molecule has 2 unspecified atom stereocenters. The van der Waals surface area contributed by atoms with E-state index < -0.39 is 32.7 Å². The third kappa shape index (κ3) is 3.55. The number of aromatic nitrogens is 1. The molecule has 26 heavy (non-hydrogen) atoms. The molecule has 2 aromatic rings. The second kappa shape index (κ2) is 6.68. The van der Waals surface area contributed by atoms with Gasteiger partial charge < -0.3 is 4.74 Å². The zero-order valence-corrected chi connectivity index (χ0v) is 15.5. The van der Waals surface area contributed by atoms with Crippen LogP contribution in [0.3, 0.4) is 0 Å². The molecule has 3 rings (SSSR count). The predicted molar refractivity (Wildman–Crippen MR) is 96.4 cm³/mol. The minimum atomic E-state index is -3.81. The highest BCUT2D eigenvalue weighted by Gasteiger charge is 2.48. The van der Waals surface area contributed by atoms with Gasteiger partial charge in [0.1, 0.15) is 16.7 Å². The summed E-state index contributed by atoms with van der Waals surface area (Å²) in [6, 6.07) is 8.82. The van der Waals surface area contributed by atoms with E-state index in [1.54, 1.807) is 57.3 Å². The standard InChI is InChI=1S/C18H20FN3O3S/c1-12(14-8-4-5-9-15(14)19)21-17-22-26(23,24)16(18(2,3)25-17)13-7-6-10-20-11-13/h4-12,16H,1-3H3,(H,21,22). The summed E-state index contributed by atoms with van der Waals surface area (Å²) in [7, 11) is -3.81. The van der Waals surface area contributed by atoms with E-state index in [1.807, 2.05) is 0 Å². The highest BCUT2D eigenvalue weighted by molar-refractivity contribution is 7.90. The van der Waals surface area contributed by atoms with Crippen molar-refractivity contribution in [3.05, 3.63) is 65.7 Å². The van der Waals surface area contributed by atoms with Gasteiger partial charge >= 0.3 is 0 Å². The molecule has 1 N–H and O–H groups in total. The van der Waals surface area contributed by atoms with Crippen molar-refractivity contribution in [2.75, 3.05) is 0 Å². The van der Waals surface area contributed by atoms with Crippen LogP contribution < -0.4 is 4.72 Å². The fourth-order valence-corrected chi connectivity index (χ4v) is 4.85. The van der Waals surface area contributed by atoms with E-state index in [1.165, 1.54) is 12.3 Å². The Morgan fingerprint density at radius 3 is 2.62 bits per heavy atom. The summed E-state index contributed by atoms with van der Waals surface area (Å²) in [5.41, 5.74) is -0.206. The van der Waals surface area contributed by atoms with E-state index in [2.05, 4.69) is 14.7 Å². The molecule has 8 heteroatoms. The fraction of sp³-hybridized carbons (Fsp3) is 0.333. The zero-order valence-electron chi connectivity index (χ0n) is 14.7. The molecule has 2 atom stereocenters. The molecule has 1 aliphatic rings. The Kier molecular flexibility index (Phi) is 4.70. The van der Waals surface area contributed by atoms with Crippen LogP contribution in [0.2, 0.25) is 0 Å². The third-order valence-electron chi connectivity index (χ3n) is 4.18. The number of amidine groups is 1. The number of sulfonamides is 1. The third-order valence-corrected chi connectivity index (χ3v) is 6.10. The number of hydrogen-bond donors (Lipinski definition) is 1. The summed E-state index contributed by atoms with van der Waals surface area (Å²) in [5.74, 6) is -0.407. The smallest absolute Gasteiger partial charge is 0.299 e. The fourth-order valence-electron chi connectivity index (χ4n) is 3.10. The zero-order chi connectivity index (χ0) is 18.9. The minimum Gasteiger partial charge on any atom is -0.457 e. The van der Waals surface area contributed by atoms with Crippen molar-refractivity contribution >= 4 is 16.0 Å². The van der Waals surface area contributed by atoms with Crippen molar-refractivity contribution in [2.24, 2.45) is 4.99 Å². The summed E-state index contributed by atoms with van der Waals surface area (Å²) >= 11 is 0. The van der Waals surface area contributed by atoms with Crippen molar-refractivity contribution < 1.29 is 17.5 Å². The van der Waals surface area contributed by atoms with Crippen molar-refractivity contribution in [3.8, 4) is 0 Å². The Labute approximate surface area is 152 Å². The number of hydrogen-bond acceptors (Lipinski definition) is 5. The Balaban J connectivity index is 1.94. The number of benzene rings is 1. The average molecular weight is 377 g/mol. The molecule has 1 aromatic carbocycles. The molecule has 0 bridgehead atoms. The Bertz CT molecular complexity index is 930. The highest BCUT2D eigenvalue weighted by Crippen LogP contribution is 2.38. The van der Waals surface area contributed by atoms with Gasteiger partial charge in [0.05, 0.1) is 6.04 Å². The molecular weight excluding hydrogens is 357 g/mol. The van der Waals surface area contributed by atoms with Gasteiger partial charge in [0.25, 0.3) is 6.02 Å². The number of pyridine rings is 1. The number of ether oxygens (including phenoxy) is 1. The molecule has 1 aromatic heterocycles. The first-order valence-corrected chi connectivity index (χ1v) is 9.68. The molecule has 1 aliphatic heterocycles. The second-order valence-electron chi connectivity index (χ2n) is 6.65. The van der Waals surface area contributed by atoms with Crippen molar-refractivity contribution in [1.29, 1.82) is 0 Å². The van der Waals surface area contributed by atoms with Crippen LogP contribution in [0.1, 0.15) is 43.2 Å². The molecule has 138 valence electrons. The number of nitrogens with one attached hydrogen (secondary N) is 1. The van der Waals surface area contributed by atoms with Crippen LogP contribution in [-0.2, 0) is 14.8 Å². The van der Waals surface area contributed by atoms with E-state index in [4.69, 9.17) is 4.74 Å². The monoisotopic (exact) mass is 377 g/mol. The average Bonchev–Trinajstić information content (AvgIpc) is 2.53. The lowest BCUT2D eigenvalue weighted by atomic mass is 9.99. The first-order chi connectivity index (χ1) is 12.2. The number of aliphatic imine (C=N–C) groups is 1. The van der Waals surface area contributed by atoms with Gasteiger partial charge in [-0.25, -0.2) is 22.5 Å². The number of nitrogens with zero attached hydrogens (tertiary/aromatic N) is 2. The van der Waals surface area contributed by atoms with Crippen molar-refractivity contribution in [1.82, 2.24) is 9.71 Å². The maximum atomic E-state index is 13.9. The van der Waals surface area contributed by atoms with E-state index >= 15 is 0 Å². The van der Waals surface area contributed by atoms with Gasteiger partial charge in [0, 0.05) is 18.0 Å². The molecule has 0 spiro atoms. The molecule has 0 aliphatic carbocycles. The minimum absolute atomic E-state index is 0.147. The van der Waals surface area contributed by atoms with Crippen LogP contribution in [0.5, 0.6) is 0 Å². The van der Waals surface area contributed by atoms with Crippen LogP contribution >= 0.6 is 0 Å². The summed E-state index contributed by atoms with van der Waals surface area (Å²) < 4.78 is 47.7. The van der Waals surface area contributed by atoms with E-state index in [-0.39, 0.29) is 6.02 Å². The largest absolute Gasteiger partial charge is 0.457 e. The van der Waals surface area contributed by atoms with Crippen LogP contribution in [0, 0.1) is 5.82 Å². The first-order valence-electron chi connectivity index (χ1n) is 8.13. The summed E-state index contributed by atoms with van der Waals surface area (Å²) in [4.78, 5) is 8.22. The van der Waals surface area contributed by atoms with Gasteiger partial charge in [-0.1, -0.05) is 24.3 Å².